The van der Waals surface area contributed by atoms with Crippen molar-refractivity contribution in [2.24, 2.45) is 0 Å². The Morgan fingerprint density at radius 1 is 1.22 bits per heavy atom. The number of nitrogens with zero attached hydrogens (tertiary/aromatic N) is 2. The molecule has 0 saturated carbocycles. The second-order valence-electron chi connectivity index (χ2n) is 3.47. The molecule has 1 aromatic carbocycles. The van der Waals surface area contributed by atoms with Crippen molar-refractivity contribution in [2.75, 3.05) is 0 Å². The molecule has 0 bridgehead atoms. The lowest BCUT2D eigenvalue weighted by Crippen LogP contribution is -2.24. The molecule has 0 aliphatic heterocycles. The standard InChI is InChI=1S/C11H6Br2Cl2N2O/c12-7-4-16-17(11(18)10(7)13)5-6-8(14)2-1-3-9(6)15/h1-4H,5H2. The van der Waals surface area contributed by atoms with E-state index in [1.165, 1.54) is 10.9 Å². The minimum Gasteiger partial charge on any atom is -0.266 e. The van der Waals surface area contributed by atoms with Crippen LogP contribution < -0.4 is 5.56 Å². The molecular formula is C11H6Br2Cl2N2O. The van der Waals surface area contributed by atoms with Crippen LogP contribution in [-0.2, 0) is 6.54 Å². The smallest absolute Gasteiger partial charge is 0.266 e. The predicted molar refractivity (Wildman–Crippen MR) is 79.5 cm³/mol. The summed E-state index contributed by atoms with van der Waals surface area (Å²) >= 11 is 18.5. The molecule has 0 fully saturated rings. The van der Waals surface area contributed by atoms with Gasteiger partial charge in [-0.25, -0.2) is 4.68 Å². The lowest BCUT2D eigenvalue weighted by atomic mass is 10.2. The van der Waals surface area contributed by atoms with Crippen LogP contribution in [-0.4, -0.2) is 9.78 Å². The van der Waals surface area contributed by atoms with E-state index in [2.05, 4.69) is 37.0 Å². The molecule has 0 unspecified atom stereocenters. The third-order valence-corrected chi connectivity index (χ3v) is 4.92. The van der Waals surface area contributed by atoms with E-state index in [4.69, 9.17) is 23.2 Å². The van der Waals surface area contributed by atoms with Crippen LogP contribution in [0.5, 0.6) is 0 Å². The molecule has 0 amide bonds. The Morgan fingerprint density at radius 3 is 2.44 bits per heavy atom. The number of rotatable bonds is 2. The molecule has 1 aromatic heterocycles. The largest absolute Gasteiger partial charge is 0.282 e. The molecule has 7 heteroatoms. The zero-order valence-electron chi connectivity index (χ0n) is 8.83. The molecule has 1 heterocycles. The fourth-order valence-corrected chi connectivity index (χ4v) is 2.48. The van der Waals surface area contributed by atoms with Gasteiger partial charge in [0.15, 0.2) is 0 Å². The van der Waals surface area contributed by atoms with Crippen molar-refractivity contribution >= 4 is 55.1 Å². The molecular weight excluding hydrogens is 407 g/mol. The van der Waals surface area contributed by atoms with Crippen molar-refractivity contribution in [1.29, 1.82) is 0 Å². The minimum atomic E-state index is -0.250. The third-order valence-electron chi connectivity index (χ3n) is 2.31. The fourth-order valence-electron chi connectivity index (χ4n) is 1.39. The molecule has 2 rings (SSSR count). The molecule has 0 spiro atoms. The summed E-state index contributed by atoms with van der Waals surface area (Å²) in [5, 5.41) is 5.05. The van der Waals surface area contributed by atoms with Gasteiger partial charge in [-0.1, -0.05) is 29.3 Å². The van der Waals surface area contributed by atoms with Crippen molar-refractivity contribution in [1.82, 2.24) is 9.78 Å². The molecule has 0 atom stereocenters. The molecule has 0 radical (unpaired) electrons. The normalized spacial score (nSPS) is 10.7. The molecule has 94 valence electrons. The first-order valence-electron chi connectivity index (χ1n) is 4.84. The van der Waals surface area contributed by atoms with Crippen LogP contribution in [0, 0.1) is 0 Å². The summed E-state index contributed by atoms with van der Waals surface area (Å²) in [4.78, 5) is 12.0. The summed E-state index contributed by atoms with van der Waals surface area (Å²) in [6.45, 7) is 0.225. The van der Waals surface area contributed by atoms with Gasteiger partial charge in [0.05, 0.1) is 17.2 Å². The van der Waals surface area contributed by atoms with Crippen LogP contribution in [0.25, 0.3) is 0 Å². The van der Waals surface area contributed by atoms with Crippen LogP contribution in [0.15, 0.2) is 38.1 Å². The number of halogens is 4. The van der Waals surface area contributed by atoms with Gasteiger partial charge in [0, 0.05) is 15.6 Å². The van der Waals surface area contributed by atoms with E-state index in [1.54, 1.807) is 18.2 Å². The minimum absolute atomic E-state index is 0.225. The highest BCUT2D eigenvalue weighted by Crippen LogP contribution is 2.25. The first-order valence-corrected chi connectivity index (χ1v) is 7.19. The van der Waals surface area contributed by atoms with Gasteiger partial charge in [0.1, 0.15) is 4.47 Å². The van der Waals surface area contributed by atoms with Gasteiger partial charge < -0.3 is 0 Å². The predicted octanol–water partition coefficient (Wildman–Crippen LogP) is 4.12. The van der Waals surface area contributed by atoms with Crippen LogP contribution in [0.1, 0.15) is 5.56 Å². The van der Waals surface area contributed by atoms with Crippen LogP contribution in [0.4, 0.5) is 0 Å². The Hall–Kier alpha value is -0.360. The molecule has 0 aliphatic rings. The average molecular weight is 413 g/mol. The highest BCUT2D eigenvalue weighted by Gasteiger charge is 2.11. The van der Waals surface area contributed by atoms with Gasteiger partial charge in [-0.3, -0.25) is 4.79 Å². The SMILES string of the molecule is O=c1c(Br)c(Br)cnn1Cc1c(Cl)cccc1Cl. The van der Waals surface area contributed by atoms with Crippen molar-refractivity contribution in [3.63, 3.8) is 0 Å². The first kappa shape index (κ1) is 14.1. The number of benzene rings is 1. The fraction of sp³-hybridized carbons (Fsp3) is 0.0909. The molecule has 3 nitrogen and oxygen atoms in total. The zero-order valence-corrected chi connectivity index (χ0v) is 13.5. The molecule has 2 aromatic rings. The Balaban J connectivity index is 2.47. The van der Waals surface area contributed by atoms with Crippen LogP contribution in [0.2, 0.25) is 10.0 Å². The number of hydrogen-bond donors (Lipinski definition) is 0. The molecule has 0 aliphatic carbocycles. The van der Waals surface area contributed by atoms with E-state index in [0.717, 1.165) is 0 Å². The van der Waals surface area contributed by atoms with Crippen molar-refractivity contribution in [2.45, 2.75) is 6.54 Å². The number of hydrogen-bond acceptors (Lipinski definition) is 2. The van der Waals surface area contributed by atoms with E-state index in [0.29, 0.717) is 24.6 Å². The lowest BCUT2D eigenvalue weighted by molar-refractivity contribution is 0.633. The Morgan fingerprint density at radius 2 is 1.83 bits per heavy atom. The molecule has 18 heavy (non-hydrogen) atoms. The van der Waals surface area contributed by atoms with Crippen LogP contribution in [0.3, 0.4) is 0 Å². The quantitative estimate of drug-likeness (QED) is 0.743. The first-order chi connectivity index (χ1) is 8.50. The van der Waals surface area contributed by atoms with Gasteiger partial charge in [0.2, 0.25) is 0 Å². The summed E-state index contributed by atoms with van der Waals surface area (Å²) < 4.78 is 2.32. The third kappa shape index (κ3) is 2.79. The number of aromatic nitrogens is 2. The van der Waals surface area contributed by atoms with E-state index in [9.17, 15) is 4.79 Å². The second kappa shape index (κ2) is 5.74. The van der Waals surface area contributed by atoms with Crippen LogP contribution >= 0.6 is 55.1 Å². The second-order valence-corrected chi connectivity index (χ2v) is 5.93. The summed E-state index contributed by atoms with van der Waals surface area (Å²) in [5.74, 6) is 0. The maximum absolute atomic E-state index is 12.0. The van der Waals surface area contributed by atoms with Gasteiger partial charge in [0.25, 0.3) is 5.56 Å². The van der Waals surface area contributed by atoms with E-state index >= 15 is 0 Å². The zero-order chi connectivity index (χ0) is 13.3. The van der Waals surface area contributed by atoms with E-state index in [1.807, 2.05) is 0 Å². The molecule has 0 saturated heterocycles. The molecule has 0 N–H and O–H groups in total. The van der Waals surface area contributed by atoms with Crippen molar-refractivity contribution < 1.29 is 0 Å². The topological polar surface area (TPSA) is 34.9 Å². The summed E-state index contributed by atoms with van der Waals surface area (Å²) in [6, 6.07) is 5.20. The van der Waals surface area contributed by atoms with Crippen molar-refractivity contribution in [3.05, 3.63) is 59.3 Å². The van der Waals surface area contributed by atoms with Crippen molar-refractivity contribution in [3.8, 4) is 0 Å². The van der Waals surface area contributed by atoms with Gasteiger partial charge in [-0.15, -0.1) is 0 Å². The summed E-state index contributed by atoms with van der Waals surface area (Å²) in [6.07, 6.45) is 1.54. The average Bonchev–Trinajstić information content (AvgIpc) is 2.34. The Bertz CT molecular complexity index is 638. The van der Waals surface area contributed by atoms with Gasteiger partial charge >= 0.3 is 0 Å². The maximum Gasteiger partial charge on any atom is 0.282 e. The Labute approximate surface area is 130 Å². The monoisotopic (exact) mass is 410 g/mol. The summed E-state index contributed by atoms with van der Waals surface area (Å²) in [7, 11) is 0. The van der Waals surface area contributed by atoms with E-state index < -0.39 is 0 Å². The van der Waals surface area contributed by atoms with Gasteiger partial charge in [-0.05, 0) is 44.0 Å². The highest BCUT2D eigenvalue weighted by atomic mass is 79.9. The maximum atomic E-state index is 12.0. The lowest BCUT2D eigenvalue weighted by Gasteiger charge is -2.09. The highest BCUT2D eigenvalue weighted by molar-refractivity contribution is 9.13. The van der Waals surface area contributed by atoms with Gasteiger partial charge in [-0.2, -0.15) is 5.10 Å². The van der Waals surface area contributed by atoms with E-state index in [-0.39, 0.29) is 12.1 Å². The summed E-state index contributed by atoms with van der Waals surface area (Å²) in [5.41, 5.74) is 0.421. The Kier molecular flexibility index (Phi) is 4.48.